The van der Waals surface area contributed by atoms with E-state index in [9.17, 15) is 4.39 Å². The molecule has 2 rings (SSSR count). The van der Waals surface area contributed by atoms with Gasteiger partial charge in [-0.05, 0) is 36.9 Å². The molecule has 2 N–H and O–H groups in total. The molecule has 1 aromatic carbocycles. The lowest BCUT2D eigenvalue weighted by Gasteiger charge is -2.16. The minimum Gasteiger partial charge on any atom is -0.326 e. The molecular formula is C15H23FN2. The average molecular weight is 250 g/mol. The molecule has 18 heavy (non-hydrogen) atoms. The molecule has 2 nitrogen and oxygen atoms in total. The average Bonchev–Trinajstić information content (AvgIpc) is 2.80. The Bertz CT molecular complexity index is 392. The van der Waals surface area contributed by atoms with Crippen LogP contribution in [0.5, 0.6) is 0 Å². The van der Waals surface area contributed by atoms with Crippen LogP contribution in [0.25, 0.3) is 0 Å². The van der Waals surface area contributed by atoms with E-state index in [0.717, 1.165) is 12.5 Å². The Morgan fingerprint density at radius 3 is 3.00 bits per heavy atom. The summed E-state index contributed by atoms with van der Waals surface area (Å²) in [6.45, 7) is 5.80. The number of hydrogen-bond donors (Lipinski definition) is 1. The predicted molar refractivity (Wildman–Crippen MR) is 72.6 cm³/mol. The molecule has 1 aromatic rings. The van der Waals surface area contributed by atoms with Gasteiger partial charge in [0.2, 0.25) is 0 Å². The van der Waals surface area contributed by atoms with Gasteiger partial charge in [-0.3, -0.25) is 4.90 Å². The van der Waals surface area contributed by atoms with Gasteiger partial charge in [0.15, 0.2) is 0 Å². The van der Waals surface area contributed by atoms with Gasteiger partial charge in [-0.2, -0.15) is 0 Å². The first-order valence-corrected chi connectivity index (χ1v) is 6.92. The molecule has 0 radical (unpaired) electrons. The number of likely N-dealkylation sites (tertiary alicyclic amines) is 1. The Hall–Kier alpha value is -0.930. The second-order valence-corrected chi connectivity index (χ2v) is 5.31. The van der Waals surface area contributed by atoms with E-state index in [2.05, 4.69) is 11.8 Å². The molecule has 1 heterocycles. The minimum absolute atomic E-state index is 0.188. The molecule has 1 saturated heterocycles. The van der Waals surface area contributed by atoms with Crippen molar-refractivity contribution in [3.63, 3.8) is 0 Å². The molecule has 1 atom stereocenters. The highest BCUT2D eigenvalue weighted by Gasteiger charge is 2.21. The lowest BCUT2D eigenvalue weighted by molar-refractivity contribution is 0.312. The van der Waals surface area contributed by atoms with Gasteiger partial charge in [-0.15, -0.1) is 0 Å². The fourth-order valence-corrected chi connectivity index (χ4v) is 2.84. The van der Waals surface area contributed by atoms with Crippen molar-refractivity contribution in [3.05, 3.63) is 35.1 Å². The normalized spacial score (nSPS) is 20.5. The quantitative estimate of drug-likeness (QED) is 0.870. The van der Waals surface area contributed by atoms with E-state index in [1.54, 1.807) is 0 Å². The van der Waals surface area contributed by atoms with E-state index in [0.29, 0.717) is 5.56 Å². The van der Waals surface area contributed by atoms with E-state index >= 15 is 0 Å². The summed E-state index contributed by atoms with van der Waals surface area (Å²) in [5.41, 5.74) is 7.33. The van der Waals surface area contributed by atoms with Crippen LogP contribution in [0.15, 0.2) is 18.2 Å². The molecule has 0 amide bonds. The molecule has 0 aliphatic carbocycles. The summed E-state index contributed by atoms with van der Waals surface area (Å²) in [4.78, 5) is 2.47. The predicted octanol–water partition coefficient (Wildman–Crippen LogP) is 2.91. The first kappa shape index (κ1) is 13.5. The third-order valence-corrected chi connectivity index (χ3v) is 3.80. The van der Waals surface area contributed by atoms with Crippen LogP contribution in [-0.4, -0.2) is 18.0 Å². The number of nitrogens with two attached hydrogens (primary N) is 1. The smallest absolute Gasteiger partial charge is 0.127 e. The third kappa shape index (κ3) is 3.30. The summed E-state index contributed by atoms with van der Waals surface area (Å²) in [5, 5.41) is 0. The molecule has 0 saturated carbocycles. The highest BCUT2D eigenvalue weighted by Crippen LogP contribution is 2.23. The standard InChI is InChI=1S/C15H23FN2/c1-2-3-12-6-7-18(10-12)11-13-4-5-15(16)14(8-13)9-17/h4-5,8,12H,2-3,6-7,9-11,17H2,1H3. The molecule has 0 spiro atoms. The fourth-order valence-electron chi connectivity index (χ4n) is 2.84. The van der Waals surface area contributed by atoms with Crippen molar-refractivity contribution < 1.29 is 4.39 Å². The maximum absolute atomic E-state index is 13.4. The van der Waals surface area contributed by atoms with Crippen LogP contribution in [-0.2, 0) is 13.1 Å². The first-order valence-electron chi connectivity index (χ1n) is 6.92. The van der Waals surface area contributed by atoms with Gasteiger partial charge in [0, 0.05) is 25.2 Å². The van der Waals surface area contributed by atoms with Crippen LogP contribution in [0.3, 0.4) is 0 Å². The van der Waals surface area contributed by atoms with E-state index < -0.39 is 0 Å². The van der Waals surface area contributed by atoms with Gasteiger partial charge in [0.25, 0.3) is 0 Å². The molecular weight excluding hydrogens is 227 g/mol. The van der Waals surface area contributed by atoms with Crippen molar-refractivity contribution in [2.24, 2.45) is 11.7 Å². The molecule has 0 aromatic heterocycles. The summed E-state index contributed by atoms with van der Waals surface area (Å²) >= 11 is 0. The molecule has 0 bridgehead atoms. The maximum Gasteiger partial charge on any atom is 0.127 e. The minimum atomic E-state index is -0.188. The monoisotopic (exact) mass is 250 g/mol. The highest BCUT2D eigenvalue weighted by atomic mass is 19.1. The zero-order valence-electron chi connectivity index (χ0n) is 11.2. The number of benzene rings is 1. The van der Waals surface area contributed by atoms with Crippen molar-refractivity contribution in [1.29, 1.82) is 0 Å². The largest absolute Gasteiger partial charge is 0.326 e. The lowest BCUT2D eigenvalue weighted by Crippen LogP contribution is -2.20. The van der Waals surface area contributed by atoms with Crippen molar-refractivity contribution in [2.75, 3.05) is 13.1 Å². The number of rotatable bonds is 5. The van der Waals surface area contributed by atoms with Crippen LogP contribution in [0, 0.1) is 11.7 Å². The summed E-state index contributed by atoms with van der Waals surface area (Å²) < 4.78 is 13.4. The van der Waals surface area contributed by atoms with Crippen LogP contribution in [0.1, 0.15) is 37.3 Å². The Kier molecular flexibility index (Phi) is 4.72. The van der Waals surface area contributed by atoms with Gasteiger partial charge in [0.1, 0.15) is 5.82 Å². The van der Waals surface area contributed by atoms with Crippen molar-refractivity contribution in [2.45, 2.75) is 39.3 Å². The van der Waals surface area contributed by atoms with Crippen LogP contribution in [0.4, 0.5) is 4.39 Å². The van der Waals surface area contributed by atoms with E-state index in [4.69, 9.17) is 5.73 Å². The summed E-state index contributed by atoms with van der Waals surface area (Å²) in [6, 6.07) is 5.32. The van der Waals surface area contributed by atoms with Crippen LogP contribution in [0.2, 0.25) is 0 Å². The fraction of sp³-hybridized carbons (Fsp3) is 0.600. The zero-order valence-corrected chi connectivity index (χ0v) is 11.2. The highest BCUT2D eigenvalue weighted by molar-refractivity contribution is 5.25. The Morgan fingerprint density at radius 1 is 1.44 bits per heavy atom. The van der Waals surface area contributed by atoms with Gasteiger partial charge in [-0.1, -0.05) is 25.5 Å². The van der Waals surface area contributed by atoms with E-state index in [1.165, 1.54) is 44.0 Å². The van der Waals surface area contributed by atoms with Crippen LogP contribution >= 0.6 is 0 Å². The zero-order chi connectivity index (χ0) is 13.0. The topological polar surface area (TPSA) is 29.3 Å². The summed E-state index contributed by atoms with van der Waals surface area (Å²) in [7, 11) is 0. The molecule has 100 valence electrons. The lowest BCUT2D eigenvalue weighted by atomic mass is 10.0. The first-order chi connectivity index (χ1) is 8.72. The van der Waals surface area contributed by atoms with Crippen LogP contribution < -0.4 is 5.73 Å². The Balaban J connectivity index is 1.94. The third-order valence-electron chi connectivity index (χ3n) is 3.80. The van der Waals surface area contributed by atoms with Crippen molar-refractivity contribution >= 4 is 0 Å². The van der Waals surface area contributed by atoms with Gasteiger partial charge in [-0.25, -0.2) is 4.39 Å². The van der Waals surface area contributed by atoms with Gasteiger partial charge >= 0.3 is 0 Å². The molecule has 1 unspecified atom stereocenters. The maximum atomic E-state index is 13.4. The summed E-state index contributed by atoms with van der Waals surface area (Å²) in [5.74, 6) is 0.663. The number of halogens is 1. The molecule has 1 aliphatic rings. The van der Waals surface area contributed by atoms with Crippen molar-refractivity contribution in [3.8, 4) is 0 Å². The van der Waals surface area contributed by atoms with Gasteiger partial charge in [0.05, 0.1) is 0 Å². The second kappa shape index (κ2) is 6.30. The summed E-state index contributed by atoms with van der Waals surface area (Å²) in [6.07, 6.45) is 3.90. The van der Waals surface area contributed by atoms with E-state index in [1.807, 2.05) is 12.1 Å². The molecule has 3 heteroatoms. The number of hydrogen-bond acceptors (Lipinski definition) is 2. The Morgan fingerprint density at radius 2 is 2.28 bits per heavy atom. The second-order valence-electron chi connectivity index (χ2n) is 5.31. The van der Waals surface area contributed by atoms with Crippen molar-refractivity contribution in [1.82, 2.24) is 4.90 Å². The number of nitrogens with zero attached hydrogens (tertiary/aromatic N) is 1. The van der Waals surface area contributed by atoms with E-state index in [-0.39, 0.29) is 12.4 Å². The SMILES string of the molecule is CCCC1CCN(Cc2ccc(F)c(CN)c2)C1. The molecule has 1 fully saturated rings. The van der Waals surface area contributed by atoms with Gasteiger partial charge < -0.3 is 5.73 Å². The molecule has 1 aliphatic heterocycles. The Labute approximate surface area is 109 Å².